The van der Waals surface area contributed by atoms with Gasteiger partial charge in [-0.1, -0.05) is 0 Å². The van der Waals surface area contributed by atoms with Crippen LogP contribution in [-0.2, 0) is 4.74 Å². The smallest absolute Gasteiger partial charge is 0.268 e. The number of hydrogen-bond acceptors (Lipinski definition) is 3. The molecule has 0 aromatic carbocycles. The van der Waals surface area contributed by atoms with Crippen molar-refractivity contribution in [3.05, 3.63) is 24.0 Å². The minimum Gasteiger partial charge on any atom is -0.376 e. The number of rotatable bonds is 5. The highest BCUT2D eigenvalue weighted by atomic mass is 16.5. The van der Waals surface area contributed by atoms with Gasteiger partial charge in [0.05, 0.1) is 12.1 Å². The van der Waals surface area contributed by atoms with Gasteiger partial charge in [0.25, 0.3) is 5.91 Å². The fourth-order valence-corrected chi connectivity index (χ4v) is 2.71. The third-order valence-electron chi connectivity index (χ3n) is 4.00. The quantitative estimate of drug-likeness (QED) is 0.834. The van der Waals surface area contributed by atoms with E-state index in [0.29, 0.717) is 12.6 Å². The van der Waals surface area contributed by atoms with Crippen molar-refractivity contribution in [2.45, 2.75) is 50.4 Å². The Labute approximate surface area is 113 Å². The van der Waals surface area contributed by atoms with Gasteiger partial charge >= 0.3 is 0 Å². The van der Waals surface area contributed by atoms with Crippen molar-refractivity contribution in [3.8, 4) is 0 Å². The molecule has 19 heavy (non-hydrogen) atoms. The number of carbonyl (C=O) groups is 1. The average molecular weight is 263 g/mol. The van der Waals surface area contributed by atoms with E-state index in [0.717, 1.165) is 12.1 Å². The molecule has 2 aliphatic carbocycles. The third-order valence-corrected chi connectivity index (χ3v) is 4.00. The topological polar surface area (TPSA) is 69.3 Å². The Balaban J connectivity index is 1.65. The number of aromatic nitrogens is 1. The van der Waals surface area contributed by atoms with E-state index in [9.17, 15) is 4.79 Å². The minimum absolute atomic E-state index is 0.00448. The number of hydrogen-bond donors (Lipinski definition) is 2. The molecule has 0 radical (unpaired) electrons. The molecule has 3 atom stereocenters. The van der Waals surface area contributed by atoms with E-state index < -0.39 is 0 Å². The van der Waals surface area contributed by atoms with Crippen LogP contribution in [0.15, 0.2) is 18.3 Å². The van der Waals surface area contributed by atoms with Gasteiger partial charge in [0.2, 0.25) is 0 Å². The van der Waals surface area contributed by atoms with E-state index in [1.165, 1.54) is 12.8 Å². The highest BCUT2D eigenvalue weighted by Crippen LogP contribution is 2.36. The van der Waals surface area contributed by atoms with Crippen LogP contribution < -0.4 is 11.1 Å². The Morgan fingerprint density at radius 3 is 3.00 bits per heavy atom. The van der Waals surface area contributed by atoms with Crippen molar-refractivity contribution in [2.24, 2.45) is 5.73 Å². The first-order valence-electron chi connectivity index (χ1n) is 7.05. The van der Waals surface area contributed by atoms with Crippen LogP contribution in [-0.4, -0.2) is 35.3 Å². The van der Waals surface area contributed by atoms with Crippen molar-refractivity contribution < 1.29 is 9.53 Å². The summed E-state index contributed by atoms with van der Waals surface area (Å²) >= 11 is 0. The first-order valence-corrected chi connectivity index (χ1v) is 7.05. The zero-order valence-corrected chi connectivity index (χ0v) is 11.2. The molecule has 2 saturated carbocycles. The molecule has 1 aromatic heterocycles. The SMILES string of the molecule is CCOC1CC(N)C1NC(=O)c1cccn1C1CC1. The standard InChI is InChI=1S/C14H21N3O2/c1-2-19-12-8-10(15)13(12)16-14(18)11-4-3-7-17(11)9-5-6-9/h3-4,7,9-10,12-13H,2,5-6,8,15H2,1H3,(H,16,18). The Morgan fingerprint density at radius 2 is 2.37 bits per heavy atom. The van der Waals surface area contributed by atoms with Gasteiger partial charge in [0, 0.05) is 24.9 Å². The summed E-state index contributed by atoms with van der Waals surface area (Å²) in [6, 6.07) is 4.25. The molecule has 104 valence electrons. The van der Waals surface area contributed by atoms with Gasteiger partial charge in [-0.25, -0.2) is 0 Å². The molecule has 1 amide bonds. The third kappa shape index (κ3) is 2.40. The maximum absolute atomic E-state index is 12.3. The summed E-state index contributed by atoms with van der Waals surface area (Å²) in [5.74, 6) is -0.0400. The minimum atomic E-state index is -0.0602. The van der Waals surface area contributed by atoms with Gasteiger partial charge in [-0.3, -0.25) is 4.79 Å². The summed E-state index contributed by atoms with van der Waals surface area (Å²) in [5.41, 5.74) is 6.69. The maximum Gasteiger partial charge on any atom is 0.268 e. The van der Waals surface area contributed by atoms with Crippen molar-refractivity contribution in [3.63, 3.8) is 0 Å². The summed E-state index contributed by atoms with van der Waals surface area (Å²) in [6.45, 7) is 2.61. The Hall–Kier alpha value is -1.33. The normalized spacial score (nSPS) is 29.9. The number of amides is 1. The highest BCUT2D eigenvalue weighted by molar-refractivity contribution is 5.93. The molecule has 5 nitrogen and oxygen atoms in total. The highest BCUT2D eigenvalue weighted by Gasteiger charge is 2.41. The Morgan fingerprint density at radius 1 is 1.58 bits per heavy atom. The number of carbonyl (C=O) groups excluding carboxylic acids is 1. The van der Waals surface area contributed by atoms with Crippen LogP contribution in [0.4, 0.5) is 0 Å². The van der Waals surface area contributed by atoms with E-state index in [1.807, 2.05) is 25.3 Å². The number of nitrogens with zero attached hydrogens (tertiary/aromatic N) is 1. The van der Waals surface area contributed by atoms with Crippen molar-refractivity contribution in [1.29, 1.82) is 0 Å². The molecule has 5 heteroatoms. The molecule has 2 fully saturated rings. The van der Waals surface area contributed by atoms with E-state index in [2.05, 4.69) is 9.88 Å². The molecule has 0 saturated heterocycles. The second-order valence-electron chi connectivity index (χ2n) is 5.42. The molecule has 3 rings (SSSR count). The van der Waals surface area contributed by atoms with Crippen LogP contribution in [0.25, 0.3) is 0 Å². The van der Waals surface area contributed by atoms with Crippen molar-refractivity contribution in [2.75, 3.05) is 6.61 Å². The fourth-order valence-electron chi connectivity index (χ4n) is 2.71. The average Bonchev–Trinajstić information content (AvgIpc) is 3.13. The van der Waals surface area contributed by atoms with Gasteiger partial charge in [-0.05, 0) is 38.3 Å². The number of nitrogens with one attached hydrogen (secondary N) is 1. The summed E-state index contributed by atoms with van der Waals surface area (Å²) in [7, 11) is 0. The lowest BCUT2D eigenvalue weighted by Gasteiger charge is -2.42. The van der Waals surface area contributed by atoms with Gasteiger partial charge in [-0.15, -0.1) is 0 Å². The van der Waals surface area contributed by atoms with Crippen LogP contribution in [0.5, 0.6) is 0 Å². The van der Waals surface area contributed by atoms with Crippen LogP contribution >= 0.6 is 0 Å². The number of nitrogens with two attached hydrogens (primary N) is 1. The van der Waals surface area contributed by atoms with Crippen LogP contribution in [0, 0.1) is 0 Å². The van der Waals surface area contributed by atoms with Crippen LogP contribution in [0.1, 0.15) is 42.7 Å². The predicted octanol–water partition coefficient (Wildman–Crippen LogP) is 1.06. The molecule has 0 spiro atoms. The molecular formula is C14H21N3O2. The van der Waals surface area contributed by atoms with Gasteiger partial charge in [0.15, 0.2) is 0 Å². The Bertz CT molecular complexity index is 465. The Kier molecular flexibility index (Phi) is 3.33. The molecular weight excluding hydrogens is 242 g/mol. The molecule has 0 bridgehead atoms. The molecule has 1 heterocycles. The summed E-state index contributed by atoms with van der Waals surface area (Å²) in [4.78, 5) is 12.3. The number of ether oxygens (including phenoxy) is 1. The van der Waals surface area contributed by atoms with E-state index >= 15 is 0 Å². The van der Waals surface area contributed by atoms with E-state index in [4.69, 9.17) is 10.5 Å². The molecule has 1 aromatic rings. The largest absolute Gasteiger partial charge is 0.376 e. The maximum atomic E-state index is 12.3. The van der Waals surface area contributed by atoms with E-state index in [1.54, 1.807) is 0 Å². The first-order chi connectivity index (χ1) is 9.20. The zero-order chi connectivity index (χ0) is 13.4. The summed E-state index contributed by atoms with van der Waals surface area (Å²) in [6.07, 6.45) is 5.20. The predicted molar refractivity (Wildman–Crippen MR) is 72.0 cm³/mol. The summed E-state index contributed by atoms with van der Waals surface area (Å²) in [5, 5.41) is 3.02. The van der Waals surface area contributed by atoms with Crippen LogP contribution in [0.2, 0.25) is 0 Å². The van der Waals surface area contributed by atoms with Gasteiger partial charge in [0.1, 0.15) is 5.69 Å². The second kappa shape index (κ2) is 4.98. The summed E-state index contributed by atoms with van der Waals surface area (Å²) < 4.78 is 7.63. The molecule has 0 aliphatic heterocycles. The lowest BCUT2D eigenvalue weighted by atomic mass is 9.83. The lowest BCUT2D eigenvalue weighted by Crippen LogP contribution is -2.64. The van der Waals surface area contributed by atoms with Crippen molar-refractivity contribution >= 4 is 5.91 Å². The van der Waals surface area contributed by atoms with E-state index in [-0.39, 0.29) is 24.1 Å². The lowest BCUT2D eigenvalue weighted by molar-refractivity contribution is -0.0301. The zero-order valence-electron chi connectivity index (χ0n) is 11.2. The van der Waals surface area contributed by atoms with Gasteiger partial charge < -0.3 is 20.4 Å². The molecule has 3 unspecified atom stereocenters. The van der Waals surface area contributed by atoms with Crippen LogP contribution in [0.3, 0.4) is 0 Å². The van der Waals surface area contributed by atoms with Crippen molar-refractivity contribution in [1.82, 2.24) is 9.88 Å². The monoisotopic (exact) mass is 263 g/mol. The molecule has 3 N–H and O–H groups in total. The van der Waals surface area contributed by atoms with Gasteiger partial charge in [-0.2, -0.15) is 0 Å². The first kappa shape index (κ1) is 12.7. The fraction of sp³-hybridized carbons (Fsp3) is 0.643. The molecule has 2 aliphatic rings. The second-order valence-corrected chi connectivity index (χ2v) is 5.42.